The number of aromatic nitrogens is 2. The second-order valence-electron chi connectivity index (χ2n) is 6.88. The Morgan fingerprint density at radius 1 is 0.692 bits per heavy atom. The highest BCUT2D eigenvalue weighted by atomic mass is 15.0. The minimum absolute atomic E-state index is 1.00. The number of fused-ring (bicyclic) bond motifs is 4. The van der Waals surface area contributed by atoms with E-state index in [-0.39, 0.29) is 0 Å². The Balaban J connectivity index is 1.92. The molecule has 0 fully saturated rings. The molecule has 0 unspecified atom stereocenters. The molecule has 0 aliphatic rings. The number of hydrogen-bond donors (Lipinski definition) is 0. The van der Waals surface area contributed by atoms with Crippen LogP contribution in [0.5, 0.6) is 0 Å². The summed E-state index contributed by atoms with van der Waals surface area (Å²) in [6.07, 6.45) is 2.19. The average Bonchev–Trinajstić information content (AvgIpc) is 2.68. The van der Waals surface area contributed by atoms with Gasteiger partial charge in [-0.25, -0.2) is 4.57 Å². The molecular weight excluding hydrogens is 316 g/mol. The van der Waals surface area contributed by atoms with Crippen LogP contribution in [0.15, 0.2) is 79.0 Å². The van der Waals surface area contributed by atoms with E-state index in [1.165, 1.54) is 32.7 Å². The van der Waals surface area contributed by atoms with Crippen molar-refractivity contribution in [3.8, 4) is 11.4 Å². The van der Waals surface area contributed by atoms with Gasteiger partial charge in [-0.05, 0) is 45.8 Å². The van der Waals surface area contributed by atoms with E-state index in [1.807, 2.05) is 0 Å². The van der Waals surface area contributed by atoms with Crippen LogP contribution in [-0.4, -0.2) is 4.98 Å². The quantitative estimate of drug-likeness (QED) is 0.298. The van der Waals surface area contributed by atoms with E-state index < -0.39 is 0 Å². The zero-order chi connectivity index (χ0) is 17.7. The molecule has 26 heavy (non-hydrogen) atoms. The van der Waals surface area contributed by atoms with Gasteiger partial charge in [0.05, 0.1) is 18.0 Å². The number of hydrogen-bond acceptors (Lipinski definition) is 1. The first-order valence-corrected chi connectivity index (χ1v) is 8.89. The standard InChI is InChI=1S/C24H19N2/c1-16-11-12-17-7-3-5-9-20(17)22(16)24-25-23-19(15-26(24)2)14-13-18-8-4-6-10-21(18)23/h3-15H,1-2H3/q+1. The van der Waals surface area contributed by atoms with Crippen LogP contribution in [0.25, 0.3) is 43.8 Å². The summed E-state index contributed by atoms with van der Waals surface area (Å²) in [4.78, 5) is 5.15. The molecule has 124 valence electrons. The number of rotatable bonds is 1. The molecule has 0 aliphatic heterocycles. The van der Waals surface area contributed by atoms with Gasteiger partial charge < -0.3 is 0 Å². The average molecular weight is 335 g/mol. The van der Waals surface area contributed by atoms with Crippen molar-refractivity contribution in [3.63, 3.8) is 0 Å². The van der Waals surface area contributed by atoms with Crippen molar-refractivity contribution in [1.82, 2.24) is 4.98 Å². The van der Waals surface area contributed by atoms with E-state index in [4.69, 9.17) is 4.98 Å². The van der Waals surface area contributed by atoms with Crippen molar-refractivity contribution in [2.45, 2.75) is 6.92 Å². The third-order valence-electron chi connectivity index (χ3n) is 5.18. The Bertz CT molecular complexity index is 1300. The van der Waals surface area contributed by atoms with Crippen molar-refractivity contribution in [2.24, 2.45) is 7.05 Å². The Morgan fingerprint density at radius 3 is 2.12 bits per heavy atom. The second-order valence-corrected chi connectivity index (χ2v) is 6.88. The summed E-state index contributed by atoms with van der Waals surface area (Å²) in [5.41, 5.74) is 3.51. The van der Waals surface area contributed by atoms with E-state index >= 15 is 0 Å². The maximum atomic E-state index is 5.15. The minimum Gasteiger partial charge on any atom is -0.232 e. The second kappa shape index (κ2) is 5.63. The first kappa shape index (κ1) is 15.0. The Labute approximate surface area is 152 Å². The van der Waals surface area contributed by atoms with Crippen LogP contribution in [0.3, 0.4) is 0 Å². The van der Waals surface area contributed by atoms with Gasteiger partial charge in [-0.3, -0.25) is 0 Å². The molecule has 1 heterocycles. The Hall–Kier alpha value is -3.26. The molecule has 0 radical (unpaired) electrons. The topological polar surface area (TPSA) is 16.8 Å². The molecule has 5 aromatic rings. The normalized spacial score (nSPS) is 11.5. The molecule has 0 atom stereocenters. The van der Waals surface area contributed by atoms with Gasteiger partial charge in [0.25, 0.3) is 0 Å². The lowest BCUT2D eigenvalue weighted by atomic mass is 9.98. The maximum absolute atomic E-state index is 5.15. The summed E-state index contributed by atoms with van der Waals surface area (Å²) in [7, 11) is 2.08. The van der Waals surface area contributed by atoms with Gasteiger partial charge in [-0.1, -0.05) is 60.7 Å². The van der Waals surface area contributed by atoms with Gasteiger partial charge in [0.15, 0.2) is 5.52 Å². The lowest BCUT2D eigenvalue weighted by Gasteiger charge is -2.09. The zero-order valence-corrected chi connectivity index (χ0v) is 14.9. The van der Waals surface area contributed by atoms with Crippen LogP contribution in [-0.2, 0) is 7.05 Å². The molecular formula is C24H19N2+. The molecule has 4 aromatic carbocycles. The molecule has 2 nitrogen and oxygen atoms in total. The first-order valence-electron chi connectivity index (χ1n) is 8.89. The van der Waals surface area contributed by atoms with Gasteiger partial charge in [0.1, 0.15) is 6.20 Å². The van der Waals surface area contributed by atoms with Crippen molar-refractivity contribution >= 4 is 32.4 Å². The lowest BCUT2D eigenvalue weighted by molar-refractivity contribution is -0.661. The summed E-state index contributed by atoms with van der Waals surface area (Å²) in [6.45, 7) is 2.16. The van der Waals surface area contributed by atoms with E-state index in [2.05, 4.69) is 97.5 Å². The third kappa shape index (κ3) is 2.19. The predicted octanol–water partition coefficient (Wildman–Crippen LogP) is 5.34. The van der Waals surface area contributed by atoms with E-state index in [1.54, 1.807) is 0 Å². The summed E-state index contributed by atoms with van der Waals surface area (Å²) < 4.78 is 2.14. The van der Waals surface area contributed by atoms with Crippen molar-refractivity contribution in [1.29, 1.82) is 0 Å². The molecule has 0 aliphatic carbocycles. The van der Waals surface area contributed by atoms with Crippen LogP contribution in [0.1, 0.15) is 5.56 Å². The number of benzene rings is 4. The van der Waals surface area contributed by atoms with E-state index in [0.29, 0.717) is 0 Å². The molecule has 0 saturated carbocycles. The van der Waals surface area contributed by atoms with Crippen LogP contribution >= 0.6 is 0 Å². The van der Waals surface area contributed by atoms with E-state index in [9.17, 15) is 0 Å². The summed E-state index contributed by atoms with van der Waals surface area (Å²) in [6, 6.07) is 25.7. The molecule has 0 spiro atoms. The van der Waals surface area contributed by atoms with Crippen LogP contribution < -0.4 is 4.57 Å². The number of nitrogens with zero attached hydrogens (tertiary/aromatic N) is 2. The highest BCUT2D eigenvalue weighted by Gasteiger charge is 2.21. The molecule has 5 rings (SSSR count). The predicted molar refractivity (Wildman–Crippen MR) is 108 cm³/mol. The summed E-state index contributed by atoms with van der Waals surface area (Å²) in [5.74, 6) is 1.00. The van der Waals surface area contributed by atoms with Gasteiger partial charge >= 0.3 is 5.82 Å². The molecule has 1 aromatic heterocycles. The van der Waals surface area contributed by atoms with Crippen molar-refractivity contribution < 1.29 is 4.57 Å². The van der Waals surface area contributed by atoms with Crippen LogP contribution in [0.2, 0.25) is 0 Å². The highest BCUT2D eigenvalue weighted by molar-refractivity contribution is 6.05. The Morgan fingerprint density at radius 2 is 1.31 bits per heavy atom. The third-order valence-corrected chi connectivity index (χ3v) is 5.18. The van der Waals surface area contributed by atoms with Gasteiger partial charge in [0.2, 0.25) is 0 Å². The largest absolute Gasteiger partial charge is 0.331 e. The Kier molecular flexibility index (Phi) is 3.26. The first-order chi connectivity index (χ1) is 12.7. The molecule has 0 saturated heterocycles. The van der Waals surface area contributed by atoms with Crippen LogP contribution in [0, 0.1) is 6.92 Å². The fourth-order valence-electron chi connectivity index (χ4n) is 3.87. The molecule has 0 N–H and O–H groups in total. The molecule has 0 amide bonds. The summed E-state index contributed by atoms with van der Waals surface area (Å²) in [5, 5.41) is 6.07. The highest BCUT2D eigenvalue weighted by Crippen LogP contribution is 2.31. The fraction of sp³-hybridized carbons (Fsp3) is 0.0833. The lowest BCUT2D eigenvalue weighted by Crippen LogP contribution is -2.32. The van der Waals surface area contributed by atoms with Gasteiger partial charge in [-0.2, -0.15) is 0 Å². The van der Waals surface area contributed by atoms with Gasteiger partial charge in [0, 0.05) is 5.39 Å². The maximum Gasteiger partial charge on any atom is 0.331 e. The monoisotopic (exact) mass is 335 g/mol. The fourth-order valence-corrected chi connectivity index (χ4v) is 3.87. The zero-order valence-electron chi connectivity index (χ0n) is 14.9. The van der Waals surface area contributed by atoms with Crippen LogP contribution in [0.4, 0.5) is 0 Å². The van der Waals surface area contributed by atoms with Crippen molar-refractivity contribution in [2.75, 3.05) is 0 Å². The minimum atomic E-state index is 1.00. The molecule has 2 heteroatoms. The molecule has 0 bridgehead atoms. The number of aryl methyl sites for hydroxylation is 2. The summed E-state index contributed by atoms with van der Waals surface area (Å²) >= 11 is 0. The van der Waals surface area contributed by atoms with Gasteiger partial charge in [-0.15, -0.1) is 0 Å². The SMILES string of the molecule is Cc1ccc2ccccc2c1-c1nc2c(ccc3ccccc32)c[n+]1C. The smallest absolute Gasteiger partial charge is 0.232 e. The van der Waals surface area contributed by atoms with Crippen molar-refractivity contribution in [3.05, 3.63) is 84.6 Å². The van der Waals surface area contributed by atoms with E-state index in [0.717, 1.165) is 16.7 Å².